The molecule has 1 rings (SSSR count). The van der Waals surface area contributed by atoms with Crippen molar-refractivity contribution >= 4 is 16.6 Å². The molecule has 0 bridgehead atoms. The molecule has 0 amide bonds. The molecule has 3 nitrogen and oxygen atoms in total. The van der Waals surface area contributed by atoms with Crippen LogP contribution in [0.2, 0.25) is 36.3 Å². The molecule has 0 heterocycles. The van der Waals surface area contributed by atoms with Crippen LogP contribution >= 0.6 is 0 Å². The summed E-state index contributed by atoms with van der Waals surface area (Å²) in [6.07, 6.45) is 12.9. The first kappa shape index (κ1) is 32.1. The van der Waals surface area contributed by atoms with Gasteiger partial charge < -0.3 is 14.0 Å². The number of hydrogen-bond donors (Lipinski definition) is 1. The third-order valence-corrected chi connectivity index (χ3v) is 18.4. The van der Waals surface area contributed by atoms with Crippen LogP contribution in [0, 0.1) is 5.92 Å². The molecule has 1 N–H and O–H groups in total. The highest BCUT2D eigenvalue weighted by Crippen LogP contribution is 2.44. The Hall–Kier alpha value is 0.0538. The molecule has 0 aromatic heterocycles. The SMILES string of the molecule is CCCCCC(C)(CCC1=CC[C@H](O[Si](CC)(CC)CC)[C@@H]1CCCO)O[Si](C)(C)C(C)(C)C. The minimum absolute atomic E-state index is 0.0613. The molecule has 0 saturated heterocycles. The van der Waals surface area contributed by atoms with E-state index in [1.54, 1.807) is 5.57 Å². The van der Waals surface area contributed by atoms with Crippen molar-refractivity contribution in [1.82, 2.24) is 0 Å². The quantitative estimate of drug-likeness (QED) is 0.120. The van der Waals surface area contributed by atoms with Crippen molar-refractivity contribution in [3.05, 3.63) is 11.6 Å². The zero-order chi connectivity index (χ0) is 26.0. The largest absolute Gasteiger partial charge is 0.413 e. The van der Waals surface area contributed by atoms with Gasteiger partial charge in [-0.15, -0.1) is 0 Å². The Bertz CT molecular complexity index is 599. The Morgan fingerprint density at radius 1 is 0.941 bits per heavy atom. The number of rotatable bonds is 17. The third-order valence-electron chi connectivity index (χ3n) is 9.10. The van der Waals surface area contributed by atoms with E-state index >= 15 is 0 Å². The van der Waals surface area contributed by atoms with Crippen molar-refractivity contribution in [2.24, 2.45) is 5.92 Å². The van der Waals surface area contributed by atoms with E-state index in [1.165, 1.54) is 37.4 Å². The number of aliphatic hydroxyl groups excluding tert-OH is 1. The van der Waals surface area contributed by atoms with Gasteiger partial charge in [-0.05, 0) is 81.7 Å². The zero-order valence-electron chi connectivity index (χ0n) is 24.7. The lowest BCUT2D eigenvalue weighted by Crippen LogP contribution is -2.48. The lowest BCUT2D eigenvalue weighted by atomic mass is 9.86. The summed E-state index contributed by atoms with van der Waals surface area (Å²) in [5, 5.41) is 9.81. The molecule has 5 heteroatoms. The summed E-state index contributed by atoms with van der Waals surface area (Å²) in [6.45, 7) is 23.8. The topological polar surface area (TPSA) is 38.7 Å². The molecular formula is C29H60O3Si2. The molecule has 0 aromatic rings. The first-order valence-electron chi connectivity index (χ1n) is 14.5. The van der Waals surface area contributed by atoms with E-state index in [2.05, 4.69) is 74.6 Å². The first-order chi connectivity index (χ1) is 15.8. The highest BCUT2D eigenvalue weighted by atomic mass is 28.4. The van der Waals surface area contributed by atoms with E-state index in [1.807, 2.05) is 0 Å². The predicted molar refractivity (Wildman–Crippen MR) is 155 cm³/mol. The molecule has 1 aliphatic rings. The lowest BCUT2D eigenvalue weighted by molar-refractivity contribution is 0.0501. The van der Waals surface area contributed by atoms with E-state index in [9.17, 15) is 5.11 Å². The van der Waals surface area contributed by atoms with Crippen molar-refractivity contribution < 1.29 is 14.0 Å². The molecule has 0 saturated carbocycles. The van der Waals surface area contributed by atoms with E-state index in [-0.39, 0.29) is 17.2 Å². The van der Waals surface area contributed by atoms with E-state index in [0.29, 0.717) is 12.0 Å². The van der Waals surface area contributed by atoms with Crippen molar-refractivity contribution in [2.75, 3.05) is 6.61 Å². The van der Waals surface area contributed by atoms with Crippen LogP contribution in [0.5, 0.6) is 0 Å². The van der Waals surface area contributed by atoms with Crippen LogP contribution in [0.25, 0.3) is 0 Å². The van der Waals surface area contributed by atoms with Crippen molar-refractivity contribution in [3.63, 3.8) is 0 Å². The predicted octanol–water partition coefficient (Wildman–Crippen LogP) is 9.24. The van der Waals surface area contributed by atoms with Gasteiger partial charge in [0.05, 0.1) is 11.7 Å². The smallest absolute Gasteiger partial charge is 0.192 e. The van der Waals surface area contributed by atoms with Gasteiger partial charge in [0.15, 0.2) is 16.6 Å². The van der Waals surface area contributed by atoms with Crippen LogP contribution in [0.15, 0.2) is 11.6 Å². The van der Waals surface area contributed by atoms with Crippen LogP contribution in [-0.2, 0) is 8.85 Å². The molecule has 0 aromatic carbocycles. The van der Waals surface area contributed by atoms with Crippen LogP contribution in [0.3, 0.4) is 0 Å². The normalized spacial score (nSPS) is 21.6. The molecule has 0 aliphatic heterocycles. The summed E-state index contributed by atoms with van der Waals surface area (Å²) in [7, 11) is -3.49. The Kier molecular flexibility index (Phi) is 13.3. The highest BCUT2D eigenvalue weighted by molar-refractivity contribution is 6.74. The average molecular weight is 513 g/mol. The molecule has 1 unspecified atom stereocenters. The second-order valence-corrected chi connectivity index (χ2v) is 22.1. The summed E-state index contributed by atoms with van der Waals surface area (Å²) in [4.78, 5) is 0. The maximum absolute atomic E-state index is 9.59. The van der Waals surface area contributed by atoms with Gasteiger partial charge in [-0.2, -0.15) is 0 Å². The van der Waals surface area contributed by atoms with E-state index < -0.39 is 16.6 Å². The second kappa shape index (κ2) is 14.1. The minimum atomic E-state index is -1.85. The first-order valence-corrected chi connectivity index (χ1v) is 19.9. The maximum atomic E-state index is 9.59. The summed E-state index contributed by atoms with van der Waals surface area (Å²) in [5.41, 5.74) is 1.51. The molecule has 0 radical (unpaired) electrons. The summed E-state index contributed by atoms with van der Waals surface area (Å²) < 4.78 is 14.1. The van der Waals surface area contributed by atoms with Crippen molar-refractivity contribution in [3.8, 4) is 0 Å². The maximum Gasteiger partial charge on any atom is 0.192 e. The minimum Gasteiger partial charge on any atom is -0.413 e. The van der Waals surface area contributed by atoms with Gasteiger partial charge in [0.25, 0.3) is 0 Å². The lowest BCUT2D eigenvalue weighted by Gasteiger charge is -2.45. The standard InChI is InChI=1S/C29H60O3Si2/c1-11-15-16-22-29(8,32-33(9,10)28(5,6)7)23-21-25-19-20-27(26(25)18-17-24-30)31-34(12-2,13-3)14-4/h19,26-27,30H,11-18,20-24H2,1-10H3/t26-,27+,29?/m1/s1. The zero-order valence-corrected chi connectivity index (χ0v) is 26.7. The van der Waals surface area contributed by atoms with E-state index in [0.717, 1.165) is 38.5 Å². The average Bonchev–Trinajstić information content (AvgIpc) is 3.15. The van der Waals surface area contributed by atoms with Crippen LogP contribution in [0.4, 0.5) is 0 Å². The number of hydrogen-bond acceptors (Lipinski definition) is 3. The van der Waals surface area contributed by atoms with Gasteiger partial charge in [0, 0.05) is 12.5 Å². The molecule has 0 spiro atoms. The Morgan fingerprint density at radius 2 is 1.56 bits per heavy atom. The van der Waals surface area contributed by atoms with Gasteiger partial charge >= 0.3 is 0 Å². The fourth-order valence-corrected chi connectivity index (χ4v) is 10.0. The van der Waals surface area contributed by atoms with Gasteiger partial charge in [-0.1, -0.05) is 79.4 Å². The fraction of sp³-hybridized carbons (Fsp3) is 0.931. The van der Waals surface area contributed by atoms with Crippen LogP contribution in [-0.4, -0.2) is 40.1 Å². The Labute approximate surface area is 215 Å². The fourth-order valence-electron chi connectivity index (χ4n) is 5.40. The van der Waals surface area contributed by atoms with Gasteiger partial charge in [0.2, 0.25) is 0 Å². The molecule has 1 aliphatic carbocycles. The van der Waals surface area contributed by atoms with Gasteiger partial charge in [-0.25, -0.2) is 0 Å². The van der Waals surface area contributed by atoms with E-state index in [4.69, 9.17) is 8.85 Å². The van der Waals surface area contributed by atoms with Crippen molar-refractivity contribution in [1.29, 1.82) is 0 Å². The monoisotopic (exact) mass is 512 g/mol. The summed E-state index contributed by atoms with van der Waals surface area (Å²) >= 11 is 0. The van der Waals surface area contributed by atoms with Crippen LogP contribution < -0.4 is 0 Å². The Morgan fingerprint density at radius 3 is 2.06 bits per heavy atom. The molecule has 0 fully saturated rings. The third kappa shape index (κ3) is 9.17. The molecule has 202 valence electrons. The number of unbranched alkanes of at least 4 members (excludes halogenated alkanes) is 2. The molecule has 3 atom stereocenters. The van der Waals surface area contributed by atoms with Gasteiger partial charge in [0.1, 0.15) is 0 Å². The van der Waals surface area contributed by atoms with Crippen molar-refractivity contribution in [2.45, 2.75) is 161 Å². The van der Waals surface area contributed by atoms with Crippen LogP contribution in [0.1, 0.15) is 113 Å². The van der Waals surface area contributed by atoms with Gasteiger partial charge in [-0.3, -0.25) is 0 Å². The second-order valence-electron chi connectivity index (χ2n) is 12.7. The molecular weight excluding hydrogens is 452 g/mol. The highest BCUT2D eigenvalue weighted by Gasteiger charge is 2.43. The summed E-state index contributed by atoms with van der Waals surface area (Å²) in [5.74, 6) is 0.469. The summed E-state index contributed by atoms with van der Waals surface area (Å²) in [6, 6.07) is 3.61. The molecule has 34 heavy (non-hydrogen) atoms. The Balaban J connectivity index is 3.01. The number of aliphatic hydroxyl groups is 1.